The number of ether oxygens (including phenoxy) is 1. The minimum absolute atomic E-state index is 0.0135. The summed E-state index contributed by atoms with van der Waals surface area (Å²) < 4.78 is 5.65. The zero-order valence-electron chi connectivity index (χ0n) is 19.7. The summed E-state index contributed by atoms with van der Waals surface area (Å²) in [6, 6.07) is 12.7. The van der Waals surface area contributed by atoms with Crippen LogP contribution in [0.2, 0.25) is 0 Å². The van der Waals surface area contributed by atoms with Crippen LogP contribution in [0, 0.1) is 13.8 Å². The molecule has 1 saturated heterocycles. The number of aryl methyl sites for hydroxylation is 2. The number of amides is 1. The van der Waals surface area contributed by atoms with Crippen molar-refractivity contribution in [2.75, 3.05) is 32.1 Å². The number of nitrogens with zero attached hydrogens (tertiary/aromatic N) is 2. The van der Waals surface area contributed by atoms with Crippen LogP contribution < -0.4 is 4.90 Å². The Morgan fingerprint density at radius 3 is 2.34 bits per heavy atom. The van der Waals surface area contributed by atoms with Gasteiger partial charge in [-0.3, -0.25) is 9.59 Å². The lowest BCUT2D eigenvalue weighted by molar-refractivity contribution is -0.140. The number of anilines is 1. The molecule has 1 aliphatic rings. The average Bonchev–Trinajstić information content (AvgIpc) is 2.99. The Bertz CT molecular complexity index is 1040. The molecule has 3 rings (SSSR count). The monoisotopic (exact) mass is 436 g/mol. The van der Waals surface area contributed by atoms with E-state index in [0.29, 0.717) is 12.2 Å². The number of rotatable bonds is 7. The normalized spacial score (nSPS) is 18.0. The van der Waals surface area contributed by atoms with Gasteiger partial charge in [0.05, 0.1) is 24.3 Å². The van der Waals surface area contributed by atoms with Gasteiger partial charge >= 0.3 is 0 Å². The summed E-state index contributed by atoms with van der Waals surface area (Å²) in [4.78, 5) is 29.6. The summed E-state index contributed by atoms with van der Waals surface area (Å²) in [6.45, 7) is 8.21. The highest BCUT2D eigenvalue weighted by Crippen LogP contribution is 2.40. The highest BCUT2D eigenvalue weighted by Gasteiger charge is 2.46. The first-order valence-electron chi connectivity index (χ1n) is 10.9. The predicted molar refractivity (Wildman–Crippen MR) is 127 cm³/mol. The first-order valence-corrected chi connectivity index (χ1v) is 10.9. The van der Waals surface area contributed by atoms with Crippen molar-refractivity contribution in [3.05, 3.63) is 70.3 Å². The van der Waals surface area contributed by atoms with E-state index in [0.717, 1.165) is 22.4 Å². The molecule has 0 spiro atoms. The minimum Gasteiger partial charge on any atom is -0.507 e. The first kappa shape index (κ1) is 23.5. The molecule has 1 unspecified atom stereocenters. The van der Waals surface area contributed by atoms with Crippen LogP contribution in [0.15, 0.2) is 48.0 Å². The molecular weight excluding hydrogens is 404 g/mol. The molecule has 0 radical (unpaired) electrons. The number of benzene rings is 2. The maximum atomic E-state index is 13.1. The Morgan fingerprint density at radius 1 is 1.09 bits per heavy atom. The second-order valence-electron chi connectivity index (χ2n) is 8.72. The van der Waals surface area contributed by atoms with Gasteiger partial charge in [0, 0.05) is 31.9 Å². The molecule has 1 heterocycles. The fraction of sp³-hybridized carbons (Fsp3) is 0.385. The zero-order chi connectivity index (χ0) is 23.6. The van der Waals surface area contributed by atoms with Gasteiger partial charge in [-0.15, -0.1) is 0 Å². The summed E-state index contributed by atoms with van der Waals surface area (Å²) in [5.74, 6) is -1.43. The van der Waals surface area contributed by atoms with Crippen LogP contribution in [0.5, 0.6) is 0 Å². The topological polar surface area (TPSA) is 70.1 Å². The van der Waals surface area contributed by atoms with Gasteiger partial charge in [0.25, 0.3) is 11.7 Å². The molecule has 170 valence electrons. The quantitative estimate of drug-likeness (QED) is 0.400. The Labute approximate surface area is 190 Å². The number of carbonyl (C=O) groups is 2. The summed E-state index contributed by atoms with van der Waals surface area (Å²) in [7, 11) is 3.90. The van der Waals surface area contributed by atoms with Crippen LogP contribution in [0.4, 0.5) is 5.69 Å². The number of Topliss-reactive ketones (excluding diaryl/α,β-unsaturated/α-hetero) is 1. The van der Waals surface area contributed by atoms with E-state index < -0.39 is 17.7 Å². The van der Waals surface area contributed by atoms with Crippen molar-refractivity contribution < 1.29 is 19.4 Å². The lowest BCUT2D eigenvalue weighted by Crippen LogP contribution is -2.33. The van der Waals surface area contributed by atoms with Crippen molar-refractivity contribution >= 4 is 23.1 Å². The largest absolute Gasteiger partial charge is 0.507 e. The number of aliphatic hydroxyl groups is 1. The molecule has 1 N–H and O–H groups in total. The summed E-state index contributed by atoms with van der Waals surface area (Å²) >= 11 is 0. The highest BCUT2D eigenvalue weighted by molar-refractivity contribution is 6.46. The second kappa shape index (κ2) is 9.57. The smallest absolute Gasteiger partial charge is 0.295 e. The molecule has 2 aromatic carbocycles. The molecule has 0 bridgehead atoms. The van der Waals surface area contributed by atoms with Crippen LogP contribution in [-0.2, 0) is 14.3 Å². The molecule has 0 aliphatic carbocycles. The van der Waals surface area contributed by atoms with Crippen LogP contribution in [0.25, 0.3) is 5.76 Å². The van der Waals surface area contributed by atoms with Crippen molar-refractivity contribution in [3.8, 4) is 0 Å². The number of likely N-dealkylation sites (tertiary alicyclic amines) is 1. The van der Waals surface area contributed by atoms with Gasteiger partial charge in [0.15, 0.2) is 0 Å². The van der Waals surface area contributed by atoms with Crippen molar-refractivity contribution in [2.45, 2.75) is 39.8 Å². The van der Waals surface area contributed by atoms with Gasteiger partial charge in [-0.05, 0) is 57.0 Å². The standard InChI is InChI=1S/C26H32N2O4/c1-16(2)32-14-13-28-23(19-9-11-20(12-10-19)27(5)6)22(25(30)26(28)31)24(29)21-15-17(3)7-8-18(21)4/h7-12,15-16,23,29H,13-14H2,1-6H3/b24-22+. The second-order valence-corrected chi connectivity index (χ2v) is 8.72. The van der Waals surface area contributed by atoms with Crippen LogP contribution in [0.1, 0.15) is 42.1 Å². The Kier molecular flexibility index (Phi) is 7.04. The first-order chi connectivity index (χ1) is 15.1. The number of aliphatic hydroxyl groups excluding tert-OH is 1. The van der Waals surface area contributed by atoms with E-state index in [-0.39, 0.29) is 24.0 Å². The van der Waals surface area contributed by atoms with Gasteiger partial charge in [-0.1, -0.05) is 29.8 Å². The third-order valence-corrected chi connectivity index (χ3v) is 5.70. The molecule has 0 saturated carbocycles. The summed E-state index contributed by atoms with van der Waals surface area (Å²) in [5, 5.41) is 11.3. The van der Waals surface area contributed by atoms with Crippen molar-refractivity contribution in [1.29, 1.82) is 0 Å². The van der Waals surface area contributed by atoms with E-state index in [1.54, 1.807) is 0 Å². The Hall–Kier alpha value is -3.12. The molecule has 1 fully saturated rings. The molecule has 0 aromatic heterocycles. The maximum absolute atomic E-state index is 13.1. The SMILES string of the molecule is Cc1ccc(C)c(/C(O)=C2\C(=O)C(=O)N(CCOC(C)C)C2c2ccc(N(C)C)cc2)c1. The zero-order valence-corrected chi connectivity index (χ0v) is 19.7. The van der Waals surface area contributed by atoms with Crippen molar-refractivity contribution in [2.24, 2.45) is 0 Å². The molecular formula is C26H32N2O4. The predicted octanol–water partition coefficient (Wildman–Crippen LogP) is 4.22. The van der Waals surface area contributed by atoms with E-state index >= 15 is 0 Å². The van der Waals surface area contributed by atoms with E-state index in [1.807, 2.05) is 89.2 Å². The van der Waals surface area contributed by atoms with E-state index in [4.69, 9.17) is 4.74 Å². The average molecular weight is 437 g/mol. The third-order valence-electron chi connectivity index (χ3n) is 5.70. The van der Waals surface area contributed by atoms with E-state index in [1.165, 1.54) is 4.90 Å². The Balaban J connectivity index is 2.13. The number of carbonyl (C=O) groups excluding carboxylic acids is 2. The van der Waals surface area contributed by atoms with Crippen LogP contribution in [0.3, 0.4) is 0 Å². The molecule has 1 amide bonds. The van der Waals surface area contributed by atoms with Gasteiger partial charge < -0.3 is 19.6 Å². The molecule has 1 aliphatic heterocycles. The number of hydrogen-bond donors (Lipinski definition) is 1. The Morgan fingerprint density at radius 2 is 1.75 bits per heavy atom. The number of ketones is 1. The van der Waals surface area contributed by atoms with Gasteiger partial charge in [-0.25, -0.2) is 0 Å². The van der Waals surface area contributed by atoms with Crippen LogP contribution >= 0.6 is 0 Å². The molecule has 2 aromatic rings. The third kappa shape index (κ3) is 4.70. The van der Waals surface area contributed by atoms with Crippen molar-refractivity contribution in [1.82, 2.24) is 4.90 Å². The molecule has 6 heteroatoms. The molecule has 32 heavy (non-hydrogen) atoms. The maximum Gasteiger partial charge on any atom is 0.295 e. The molecule has 6 nitrogen and oxygen atoms in total. The highest BCUT2D eigenvalue weighted by atomic mass is 16.5. The molecule has 1 atom stereocenters. The minimum atomic E-state index is -0.679. The van der Waals surface area contributed by atoms with E-state index in [9.17, 15) is 14.7 Å². The number of hydrogen-bond acceptors (Lipinski definition) is 5. The van der Waals surface area contributed by atoms with Gasteiger partial charge in [-0.2, -0.15) is 0 Å². The lowest BCUT2D eigenvalue weighted by atomic mass is 9.93. The fourth-order valence-electron chi connectivity index (χ4n) is 3.93. The van der Waals surface area contributed by atoms with Crippen molar-refractivity contribution in [3.63, 3.8) is 0 Å². The van der Waals surface area contributed by atoms with Crippen LogP contribution in [-0.4, -0.2) is 55.0 Å². The van der Waals surface area contributed by atoms with Gasteiger partial charge in [0.2, 0.25) is 0 Å². The van der Waals surface area contributed by atoms with Gasteiger partial charge in [0.1, 0.15) is 5.76 Å². The lowest BCUT2D eigenvalue weighted by Gasteiger charge is -2.26. The fourth-order valence-corrected chi connectivity index (χ4v) is 3.93. The summed E-state index contributed by atoms with van der Waals surface area (Å²) in [6.07, 6.45) is 0.0135. The summed E-state index contributed by atoms with van der Waals surface area (Å²) in [5.41, 5.74) is 4.25. The van der Waals surface area contributed by atoms with E-state index in [2.05, 4.69) is 0 Å².